The van der Waals surface area contributed by atoms with Crippen molar-refractivity contribution < 1.29 is 37.3 Å². The molecule has 15 heteroatoms. The van der Waals surface area contributed by atoms with Gasteiger partial charge in [-0.05, 0) is 63.6 Å². The Morgan fingerprint density at radius 1 is 1.04 bits per heavy atom. The predicted octanol–water partition coefficient (Wildman–Crippen LogP) is 4.47. The molecule has 1 unspecified atom stereocenters. The van der Waals surface area contributed by atoms with Crippen LogP contribution in [0.2, 0.25) is 0 Å². The number of carbonyl (C=O) groups is 2. The molecule has 5 rings (SSSR count). The summed E-state index contributed by atoms with van der Waals surface area (Å²) in [4.78, 5) is 51.2. The zero-order chi connectivity index (χ0) is 34.8. The smallest absolute Gasteiger partial charge is 0.417 e. The summed E-state index contributed by atoms with van der Waals surface area (Å²) in [6.07, 6.45) is -4.92. The number of aliphatic hydroxyl groups excluding tert-OH is 1. The Morgan fingerprint density at radius 2 is 1.71 bits per heavy atom. The summed E-state index contributed by atoms with van der Waals surface area (Å²) in [6, 6.07) is 14.0. The summed E-state index contributed by atoms with van der Waals surface area (Å²) in [6.45, 7) is 5.97. The molecule has 0 saturated carbocycles. The molecule has 0 spiro atoms. The predicted molar refractivity (Wildman–Crippen MR) is 167 cm³/mol. The van der Waals surface area contributed by atoms with Gasteiger partial charge in [-0.2, -0.15) is 13.2 Å². The number of halogens is 3. The lowest BCUT2D eigenvalue weighted by atomic mass is 10.1. The highest BCUT2D eigenvalue weighted by atomic mass is 19.4. The summed E-state index contributed by atoms with van der Waals surface area (Å²) >= 11 is 0. The van der Waals surface area contributed by atoms with E-state index >= 15 is 0 Å². The highest BCUT2D eigenvalue weighted by molar-refractivity contribution is 5.94. The van der Waals surface area contributed by atoms with Gasteiger partial charge in [-0.25, -0.2) is 19.6 Å². The van der Waals surface area contributed by atoms with E-state index in [2.05, 4.69) is 15.3 Å². The number of imidazole rings is 1. The Morgan fingerprint density at radius 3 is 2.35 bits per heavy atom. The van der Waals surface area contributed by atoms with Gasteiger partial charge in [-0.15, -0.1) is 0 Å². The first-order chi connectivity index (χ1) is 22.6. The van der Waals surface area contributed by atoms with Crippen molar-refractivity contribution in [3.8, 4) is 22.8 Å². The lowest BCUT2D eigenvalue weighted by molar-refractivity contribution is -0.210. The van der Waals surface area contributed by atoms with Gasteiger partial charge in [-0.1, -0.05) is 24.3 Å². The SMILES string of the molecule is CC1Cn2c(c(C(=O)NCc3ccccc3-c3ncccn3)n(-c3ccc(OC[C@@H](O)C(F)(F)F)cc3)c2=O)CN1C(=O)OC(C)(C)C. The van der Waals surface area contributed by atoms with E-state index in [0.29, 0.717) is 17.0 Å². The zero-order valence-corrected chi connectivity index (χ0v) is 26.7. The molecule has 0 fully saturated rings. The number of rotatable bonds is 8. The van der Waals surface area contributed by atoms with Gasteiger partial charge < -0.3 is 19.9 Å². The van der Waals surface area contributed by atoms with Gasteiger partial charge in [0.25, 0.3) is 5.91 Å². The van der Waals surface area contributed by atoms with Crippen LogP contribution in [-0.2, 0) is 24.4 Å². The van der Waals surface area contributed by atoms with Crippen molar-refractivity contribution in [2.24, 2.45) is 0 Å². The maximum atomic E-state index is 14.1. The fourth-order valence-electron chi connectivity index (χ4n) is 5.21. The van der Waals surface area contributed by atoms with Crippen LogP contribution in [0.5, 0.6) is 5.75 Å². The van der Waals surface area contributed by atoms with Crippen molar-refractivity contribution >= 4 is 12.0 Å². The van der Waals surface area contributed by atoms with Gasteiger partial charge in [0.15, 0.2) is 11.9 Å². The molecule has 0 aliphatic carbocycles. The van der Waals surface area contributed by atoms with Crippen molar-refractivity contribution in [1.29, 1.82) is 0 Å². The molecule has 0 saturated heterocycles. The van der Waals surface area contributed by atoms with Gasteiger partial charge in [-0.3, -0.25) is 18.8 Å². The number of aromatic nitrogens is 4. The van der Waals surface area contributed by atoms with Gasteiger partial charge in [0.2, 0.25) is 0 Å². The number of carbonyl (C=O) groups excluding carboxylic acids is 2. The lowest BCUT2D eigenvalue weighted by Gasteiger charge is -2.35. The molecule has 12 nitrogen and oxygen atoms in total. The molecule has 0 bridgehead atoms. The quantitative estimate of drug-likeness (QED) is 0.281. The number of alkyl halides is 3. The number of benzene rings is 2. The molecular formula is C33H35F3N6O6. The van der Waals surface area contributed by atoms with E-state index in [1.54, 1.807) is 46.2 Å². The van der Waals surface area contributed by atoms with E-state index < -0.39 is 48.2 Å². The van der Waals surface area contributed by atoms with Crippen molar-refractivity contribution in [3.63, 3.8) is 0 Å². The molecule has 1 aliphatic rings. The second-order valence-corrected chi connectivity index (χ2v) is 12.3. The number of ether oxygens (including phenoxy) is 2. The van der Waals surface area contributed by atoms with Crippen molar-refractivity contribution in [3.05, 3.63) is 94.4 Å². The molecule has 2 atom stereocenters. The fourth-order valence-corrected chi connectivity index (χ4v) is 5.21. The molecule has 4 aromatic rings. The van der Waals surface area contributed by atoms with Crippen LogP contribution in [-0.4, -0.2) is 71.6 Å². The highest BCUT2D eigenvalue weighted by Gasteiger charge is 2.39. The number of fused-ring (bicyclic) bond motifs is 1. The Kier molecular flexibility index (Phi) is 9.62. The fraction of sp³-hybridized carbons (Fsp3) is 0.364. The number of hydrogen-bond donors (Lipinski definition) is 2. The summed E-state index contributed by atoms with van der Waals surface area (Å²) < 4.78 is 51.5. The second kappa shape index (κ2) is 13.5. The van der Waals surface area contributed by atoms with E-state index in [1.165, 1.54) is 38.3 Å². The molecule has 2 amide bonds. The number of amides is 2. The lowest BCUT2D eigenvalue weighted by Crippen LogP contribution is -2.48. The van der Waals surface area contributed by atoms with Gasteiger partial charge in [0.05, 0.1) is 24.0 Å². The van der Waals surface area contributed by atoms with E-state index in [-0.39, 0.29) is 42.5 Å². The first kappa shape index (κ1) is 34.2. The summed E-state index contributed by atoms with van der Waals surface area (Å²) in [5, 5.41) is 12.2. The summed E-state index contributed by atoms with van der Waals surface area (Å²) in [5.74, 6) is -0.140. The molecule has 2 aromatic heterocycles. The number of nitrogens with zero attached hydrogens (tertiary/aromatic N) is 5. The number of aliphatic hydroxyl groups is 1. The van der Waals surface area contributed by atoms with Crippen LogP contribution in [0.3, 0.4) is 0 Å². The Balaban J connectivity index is 1.50. The minimum atomic E-state index is -4.85. The molecule has 1 aliphatic heterocycles. The molecule has 0 radical (unpaired) electrons. The van der Waals surface area contributed by atoms with Crippen molar-refractivity contribution in [2.45, 2.75) is 71.3 Å². The highest BCUT2D eigenvalue weighted by Crippen LogP contribution is 2.27. The van der Waals surface area contributed by atoms with E-state index in [1.807, 2.05) is 24.3 Å². The molecule has 3 heterocycles. The summed E-state index contributed by atoms with van der Waals surface area (Å²) in [7, 11) is 0. The molecule has 2 aromatic carbocycles. The normalized spacial score (nSPS) is 15.4. The van der Waals surface area contributed by atoms with Crippen LogP contribution >= 0.6 is 0 Å². The van der Waals surface area contributed by atoms with Gasteiger partial charge in [0.1, 0.15) is 23.7 Å². The third-order valence-corrected chi connectivity index (χ3v) is 7.53. The van der Waals surface area contributed by atoms with Gasteiger partial charge >= 0.3 is 18.0 Å². The third kappa shape index (κ3) is 7.51. The molecule has 2 N–H and O–H groups in total. The average Bonchev–Trinajstić information content (AvgIpc) is 3.32. The van der Waals surface area contributed by atoms with Crippen LogP contribution in [0, 0.1) is 0 Å². The molecular weight excluding hydrogens is 633 g/mol. The van der Waals surface area contributed by atoms with Crippen molar-refractivity contribution in [2.75, 3.05) is 6.61 Å². The van der Waals surface area contributed by atoms with E-state index in [4.69, 9.17) is 9.47 Å². The monoisotopic (exact) mass is 668 g/mol. The van der Waals surface area contributed by atoms with Crippen LogP contribution in [0.4, 0.5) is 18.0 Å². The topological polar surface area (TPSA) is 141 Å². The largest absolute Gasteiger partial charge is 0.491 e. The first-order valence-corrected chi connectivity index (χ1v) is 15.1. The second-order valence-electron chi connectivity index (χ2n) is 12.3. The van der Waals surface area contributed by atoms with Crippen LogP contribution in [0.25, 0.3) is 17.1 Å². The molecule has 48 heavy (non-hydrogen) atoms. The van der Waals surface area contributed by atoms with Gasteiger partial charge in [0, 0.05) is 31.0 Å². The maximum Gasteiger partial charge on any atom is 0.417 e. The number of nitrogens with one attached hydrogen (secondary N) is 1. The van der Waals surface area contributed by atoms with E-state index in [9.17, 15) is 32.7 Å². The van der Waals surface area contributed by atoms with E-state index in [0.717, 1.165) is 0 Å². The van der Waals surface area contributed by atoms with Crippen LogP contribution < -0.4 is 15.7 Å². The van der Waals surface area contributed by atoms with Crippen molar-refractivity contribution in [1.82, 2.24) is 29.3 Å². The maximum absolute atomic E-state index is 14.1. The zero-order valence-electron chi connectivity index (χ0n) is 26.7. The third-order valence-electron chi connectivity index (χ3n) is 7.53. The molecule has 254 valence electrons. The Bertz CT molecular complexity index is 1830. The first-order valence-electron chi connectivity index (χ1n) is 15.1. The average molecular weight is 669 g/mol. The minimum absolute atomic E-state index is 0.00883. The minimum Gasteiger partial charge on any atom is -0.491 e. The number of hydrogen-bond acceptors (Lipinski definition) is 8. The Labute approximate surface area is 273 Å². The van der Waals surface area contributed by atoms with Crippen LogP contribution in [0.15, 0.2) is 71.8 Å². The summed E-state index contributed by atoms with van der Waals surface area (Å²) in [5.41, 5.74) is 0.548. The standard InChI is InChI=1S/C33H35F3N6O6/c1-20-17-41-25(18-40(20)31(46)48-32(2,3)4)27(29(44)39-16-21-8-5-6-9-24(21)28-37-14-7-15-38-28)42(30(41)45)22-10-12-23(13-11-22)47-19-26(43)33(34,35)36/h5-15,20,26,43H,16-19H2,1-4H3,(H,39,44)/t20?,26-/m1/s1. The Hall–Kier alpha value is -5.18. The van der Waals surface area contributed by atoms with Crippen LogP contribution in [0.1, 0.15) is 49.4 Å².